The zero-order valence-corrected chi connectivity index (χ0v) is 26.5. The van der Waals surface area contributed by atoms with Crippen LogP contribution in [-0.2, 0) is 32.6 Å². The van der Waals surface area contributed by atoms with E-state index in [0.29, 0.717) is 4.31 Å². The van der Waals surface area contributed by atoms with Gasteiger partial charge in [0.25, 0.3) is 10.0 Å². The number of carbonyl (C=O) groups is 2. The lowest BCUT2D eigenvalue weighted by molar-refractivity contribution is -0.140. The van der Waals surface area contributed by atoms with E-state index >= 15 is 8.78 Å². The van der Waals surface area contributed by atoms with Crippen LogP contribution in [0.1, 0.15) is 37.5 Å². The minimum atomic E-state index is -4.47. The van der Waals surface area contributed by atoms with E-state index in [2.05, 4.69) is 5.32 Å². The van der Waals surface area contributed by atoms with Crippen LogP contribution in [0.15, 0.2) is 108 Å². The molecule has 0 aliphatic rings. The van der Waals surface area contributed by atoms with Gasteiger partial charge in [0.1, 0.15) is 24.2 Å². The third-order valence-electron chi connectivity index (χ3n) is 7.08. The summed E-state index contributed by atoms with van der Waals surface area (Å²) in [6.45, 7) is 5.99. The molecule has 2 amide bonds. The Labute approximate surface area is 263 Å². The van der Waals surface area contributed by atoms with Crippen LogP contribution in [0.4, 0.5) is 14.5 Å². The molecule has 10 heteroatoms. The summed E-state index contributed by atoms with van der Waals surface area (Å²) in [5.41, 5.74) is 0.665. The monoisotopic (exact) mass is 633 g/mol. The Kier molecular flexibility index (Phi) is 10.4. The van der Waals surface area contributed by atoms with E-state index < -0.39 is 51.6 Å². The molecular weight excluding hydrogens is 596 g/mol. The van der Waals surface area contributed by atoms with Gasteiger partial charge < -0.3 is 10.2 Å². The zero-order valence-electron chi connectivity index (χ0n) is 25.7. The lowest BCUT2D eigenvalue weighted by Crippen LogP contribution is -2.56. The summed E-state index contributed by atoms with van der Waals surface area (Å²) < 4.78 is 58.9. The zero-order chi connectivity index (χ0) is 32.8. The van der Waals surface area contributed by atoms with E-state index in [-0.39, 0.29) is 29.1 Å². The number of rotatable bonds is 11. The molecule has 0 radical (unpaired) electrons. The number of halogens is 2. The lowest BCUT2D eigenvalue weighted by Gasteiger charge is -2.35. The van der Waals surface area contributed by atoms with Crippen molar-refractivity contribution in [2.45, 2.75) is 57.1 Å². The van der Waals surface area contributed by atoms with Crippen molar-refractivity contribution in [2.75, 3.05) is 10.8 Å². The maximum absolute atomic E-state index is 15.2. The van der Waals surface area contributed by atoms with Gasteiger partial charge in [-0.2, -0.15) is 0 Å². The van der Waals surface area contributed by atoms with Crippen molar-refractivity contribution in [1.82, 2.24) is 10.2 Å². The lowest BCUT2D eigenvalue weighted by atomic mass is 10.0. The van der Waals surface area contributed by atoms with Crippen LogP contribution >= 0.6 is 0 Å². The standard InChI is InChI=1S/C35H37F2N3O4S/c1-25-18-20-28(21-19-25)45(43,44)40(31-17-11-10-16-30(31)37)24-33(41)39(23-27-14-8-9-15-29(27)36)32(34(42)38-35(2,3)4)22-26-12-6-5-7-13-26/h5-21,32H,22-24H2,1-4H3,(H,38,42)/t32-/m0/s1. The van der Waals surface area contributed by atoms with Crippen molar-refractivity contribution in [3.63, 3.8) is 0 Å². The fourth-order valence-corrected chi connectivity index (χ4v) is 6.24. The molecule has 4 rings (SSSR count). The Hall–Kier alpha value is -4.57. The van der Waals surface area contributed by atoms with Gasteiger partial charge in [0, 0.05) is 24.1 Å². The average Bonchev–Trinajstić information content (AvgIpc) is 2.98. The highest BCUT2D eigenvalue weighted by molar-refractivity contribution is 7.92. The molecular formula is C35H37F2N3O4S. The number of hydrogen-bond donors (Lipinski definition) is 1. The van der Waals surface area contributed by atoms with Crippen molar-refractivity contribution >= 4 is 27.5 Å². The number of nitrogens with zero attached hydrogens (tertiary/aromatic N) is 2. The number of carbonyl (C=O) groups excluding carboxylic acids is 2. The van der Waals surface area contributed by atoms with Gasteiger partial charge in [0.05, 0.1) is 10.6 Å². The second kappa shape index (κ2) is 14.0. The van der Waals surface area contributed by atoms with Gasteiger partial charge in [-0.1, -0.05) is 78.4 Å². The highest BCUT2D eigenvalue weighted by atomic mass is 32.2. The quantitative estimate of drug-likeness (QED) is 0.219. The van der Waals surface area contributed by atoms with Crippen molar-refractivity contribution in [3.8, 4) is 0 Å². The highest BCUT2D eigenvalue weighted by Gasteiger charge is 2.36. The SMILES string of the molecule is Cc1ccc(S(=O)(=O)N(CC(=O)N(Cc2ccccc2F)[C@@H](Cc2ccccc2)C(=O)NC(C)(C)C)c2ccccc2F)cc1. The van der Waals surface area contributed by atoms with E-state index in [0.717, 1.165) is 17.2 Å². The normalized spacial score (nSPS) is 12.3. The fourth-order valence-electron chi connectivity index (χ4n) is 4.82. The number of nitrogens with one attached hydrogen (secondary N) is 1. The van der Waals surface area contributed by atoms with Crippen LogP contribution in [0.2, 0.25) is 0 Å². The second-order valence-corrected chi connectivity index (χ2v) is 13.7. The molecule has 0 aromatic heterocycles. The molecule has 1 N–H and O–H groups in total. The summed E-state index contributed by atoms with van der Waals surface area (Å²) in [7, 11) is -4.47. The number of anilines is 1. The van der Waals surface area contributed by atoms with Gasteiger partial charge in [0.15, 0.2) is 0 Å². The minimum absolute atomic E-state index is 0.0629. The average molecular weight is 634 g/mol. The van der Waals surface area contributed by atoms with Crippen LogP contribution in [-0.4, -0.2) is 43.3 Å². The van der Waals surface area contributed by atoms with Crippen LogP contribution < -0.4 is 9.62 Å². The molecule has 4 aromatic carbocycles. The Balaban J connectivity index is 1.84. The maximum atomic E-state index is 15.2. The van der Waals surface area contributed by atoms with Gasteiger partial charge in [0.2, 0.25) is 11.8 Å². The van der Waals surface area contributed by atoms with Gasteiger partial charge in [-0.15, -0.1) is 0 Å². The second-order valence-electron chi connectivity index (χ2n) is 11.8. The molecule has 0 aliphatic carbocycles. The van der Waals surface area contributed by atoms with Crippen LogP contribution in [0, 0.1) is 18.6 Å². The van der Waals surface area contributed by atoms with Gasteiger partial charge in [-0.25, -0.2) is 17.2 Å². The number of benzene rings is 4. The van der Waals surface area contributed by atoms with Gasteiger partial charge in [-0.3, -0.25) is 13.9 Å². The first-order valence-corrected chi connectivity index (χ1v) is 15.9. The molecule has 0 aliphatic heterocycles. The predicted octanol–water partition coefficient (Wildman–Crippen LogP) is 6.02. The van der Waals surface area contributed by atoms with E-state index in [1.165, 1.54) is 53.4 Å². The third kappa shape index (κ3) is 8.54. The number of sulfonamides is 1. The van der Waals surface area contributed by atoms with Crippen molar-refractivity contribution in [3.05, 3.63) is 131 Å². The molecule has 0 unspecified atom stereocenters. The smallest absolute Gasteiger partial charge is 0.264 e. The summed E-state index contributed by atoms with van der Waals surface area (Å²) in [5, 5.41) is 2.91. The highest BCUT2D eigenvalue weighted by Crippen LogP contribution is 2.28. The van der Waals surface area contributed by atoms with Crippen molar-refractivity contribution in [2.24, 2.45) is 0 Å². The van der Waals surface area contributed by atoms with E-state index in [1.54, 1.807) is 70.2 Å². The molecule has 0 bridgehead atoms. The van der Waals surface area contributed by atoms with Crippen molar-refractivity contribution < 1.29 is 26.8 Å². The molecule has 236 valence electrons. The summed E-state index contributed by atoms with van der Waals surface area (Å²) in [6.07, 6.45) is 0.0629. The summed E-state index contributed by atoms with van der Waals surface area (Å²) in [6, 6.07) is 24.9. The van der Waals surface area contributed by atoms with E-state index in [1.807, 2.05) is 6.07 Å². The summed E-state index contributed by atoms with van der Waals surface area (Å²) in [4.78, 5) is 29.3. The molecule has 7 nitrogen and oxygen atoms in total. The van der Waals surface area contributed by atoms with Crippen LogP contribution in [0.3, 0.4) is 0 Å². The molecule has 0 spiro atoms. The van der Waals surface area contributed by atoms with Gasteiger partial charge in [-0.05, 0) is 63.6 Å². The van der Waals surface area contributed by atoms with E-state index in [9.17, 15) is 18.0 Å². The van der Waals surface area contributed by atoms with E-state index in [4.69, 9.17) is 0 Å². The third-order valence-corrected chi connectivity index (χ3v) is 8.85. The molecule has 45 heavy (non-hydrogen) atoms. The molecule has 0 heterocycles. The fraction of sp³-hybridized carbons (Fsp3) is 0.257. The number of para-hydroxylation sites is 1. The minimum Gasteiger partial charge on any atom is -0.350 e. The van der Waals surface area contributed by atoms with Crippen molar-refractivity contribution in [1.29, 1.82) is 0 Å². The Bertz CT molecular complexity index is 1740. The Morgan fingerprint density at radius 3 is 1.98 bits per heavy atom. The summed E-state index contributed by atoms with van der Waals surface area (Å²) >= 11 is 0. The molecule has 0 fully saturated rings. The first-order chi connectivity index (χ1) is 21.3. The summed E-state index contributed by atoms with van der Waals surface area (Å²) in [5.74, 6) is -2.77. The molecule has 0 saturated heterocycles. The van der Waals surface area contributed by atoms with Gasteiger partial charge >= 0.3 is 0 Å². The predicted molar refractivity (Wildman–Crippen MR) is 171 cm³/mol. The topological polar surface area (TPSA) is 86.8 Å². The molecule has 0 saturated carbocycles. The van der Waals surface area contributed by atoms with Crippen LogP contribution in [0.25, 0.3) is 0 Å². The van der Waals surface area contributed by atoms with Crippen LogP contribution in [0.5, 0.6) is 0 Å². The Morgan fingerprint density at radius 2 is 1.38 bits per heavy atom. The number of amides is 2. The molecule has 1 atom stereocenters. The number of hydrogen-bond acceptors (Lipinski definition) is 4. The first kappa shape index (κ1) is 33.3. The largest absolute Gasteiger partial charge is 0.350 e. The Morgan fingerprint density at radius 1 is 0.800 bits per heavy atom. The maximum Gasteiger partial charge on any atom is 0.264 e. The molecule has 4 aromatic rings. The number of aryl methyl sites for hydroxylation is 1. The first-order valence-electron chi connectivity index (χ1n) is 14.5.